The molecule has 2 nitrogen and oxygen atoms in total. The van der Waals surface area contributed by atoms with Gasteiger partial charge in [-0.2, -0.15) is 0 Å². The van der Waals surface area contributed by atoms with Crippen LogP contribution in [0.15, 0.2) is 33.6 Å². The van der Waals surface area contributed by atoms with Crippen LogP contribution in [0.2, 0.25) is 0 Å². The van der Waals surface area contributed by atoms with Gasteiger partial charge in [0.15, 0.2) is 0 Å². The van der Waals surface area contributed by atoms with Crippen molar-refractivity contribution in [3.8, 4) is 0 Å². The zero-order valence-corrected chi connectivity index (χ0v) is 12.3. The molecule has 1 aromatic carbocycles. The van der Waals surface area contributed by atoms with Crippen molar-refractivity contribution in [1.82, 2.24) is 4.57 Å². The maximum Gasteiger partial charge on any atom is 0.308 e. The third kappa shape index (κ3) is 3.26. The molecule has 0 saturated heterocycles. The highest BCUT2D eigenvalue weighted by Gasteiger charge is 2.11. The molecule has 0 atom stereocenters. The molecule has 6 heteroatoms. The summed E-state index contributed by atoms with van der Waals surface area (Å²) >= 11 is 12.2. The lowest BCUT2D eigenvalue weighted by molar-refractivity contribution is 0.596. The molecule has 0 unspecified atom stereocenters. The summed E-state index contributed by atoms with van der Waals surface area (Å²) in [5.41, 5.74) is 1.19. The van der Waals surface area contributed by atoms with E-state index in [1.54, 1.807) is 25.1 Å². The number of rotatable bonds is 3. The topological polar surface area (TPSA) is 22.0 Å². The summed E-state index contributed by atoms with van der Waals surface area (Å²) in [4.78, 5) is 12.4. The lowest BCUT2D eigenvalue weighted by Crippen LogP contribution is -2.16. The monoisotopic (exact) mass is 317 g/mol. The molecule has 19 heavy (non-hydrogen) atoms. The molecule has 0 radical (unpaired) electrons. The number of nitrogens with zero attached hydrogens (tertiary/aromatic N) is 1. The normalized spacial score (nSPS) is 10.5. The van der Waals surface area contributed by atoms with Crippen molar-refractivity contribution >= 4 is 40.6 Å². The highest BCUT2D eigenvalue weighted by Crippen LogP contribution is 2.20. The average Bonchev–Trinajstić information content (AvgIpc) is 2.59. The van der Waals surface area contributed by atoms with E-state index in [1.807, 2.05) is 0 Å². The summed E-state index contributed by atoms with van der Waals surface area (Å²) in [5.74, 6) is -0.326. The van der Waals surface area contributed by atoms with Crippen LogP contribution in [0.25, 0.3) is 6.08 Å². The summed E-state index contributed by atoms with van der Waals surface area (Å²) < 4.78 is 15.2. The first kappa shape index (κ1) is 14.3. The summed E-state index contributed by atoms with van der Waals surface area (Å²) in [6.07, 6.45) is 1.52. The Hall–Kier alpha value is -1.10. The molecule has 0 aliphatic rings. The highest BCUT2D eigenvalue weighted by molar-refractivity contribution is 7.10. The first-order valence-corrected chi connectivity index (χ1v) is 7.02. The molecule has 0 bridgehead atoms. The van der Waals surface area contributed by atoms with Crippen molar-refractivity contribution in [2.75, 3.05) is 0 Å². The largest absolute Gasteiger partial charge is 0.308 e. The van der Waals surface area contributed by atoms with Crippen molar-refractivity contribution in [2.24, 2.45) is 0 Å². The Morgan fingerprint density at radius 2 is 2.11 bits per heavy atom. The number of benzene rings is 1. The van der Waals surface area contributed by atoms with Gasteiger partial charge in [0.1, 0.15) is 10.3 Å². The molecule has 1 heterocycles. The van der Waals surface area contributed by atoms with E-state index in [2.05, 4.69) is 0 Å². The minimum atomic E-state index is -0.326. The van der Waals surface area contributed by atoms with Crippen LogP contribution in [0.4, 0.5) is 4.39 Å². The Balaban J connectivity index is 2.42. The van der Waals surface area contributed by atoms with Crippen molar-refractivity contribution in [2.45, 2.75) is 13.5 Å². The first-order valence-electron chi connectivity index (χ1n) is 5.45. The van der Waals surface area contributed by atoms with Crippen molar-refractivity contribution in [1.29, 1.82) is 0 Å². The minimum Gasteiger partial charge on any atom is -0.298 e. The Morgan fingerprint density at radius 1 is 1.42 bits per heavy atom. The van der Waals surface area contributed by atoms with Crippen LogP contribution in [-0.4, -0.2) is 4.57 Å². The first-order chi connectivity index (χ1) is 8.99. The quantitative estimate of drug-likeness (QED) is 0.832. The molecule has 0 aliphatic heterocycles. The number of hydrogen-bond donors (Lipinski definition) is 0. The fraction of sp³-hybridized carbons (Fsp3) is 0.154. The molecule has 0 aliphatic carbocycles. The van der Waals surface area contributed by atoms with E-state index in [0.717, 1.165) is 17.0 Å². The van der Waals surface area contributed by atoms with E-state index in [9.17, 15) is 9.18 Å². The summed E-state index contributed by atoms with van der Waals surface area (Å²) in [7, 11) is 0. The van der Waals surface area contributed by atoms with E-state index < -0.39 is 0 Å². The molecule has 0 fully saturated rings. The maximum atomic E-state index is 13.6. The molecule has 100 valence electrons. The van der Waals surface area contributed by atoms with Gasteiger partial charge in [-0.1, -0.05) is 52.7 Å². The standard InChI is InChI=1S/C13H10Cl2FNOS/c1-8-11(6-12(14)15)19-13(18)17(8)7-9-4-2-3-5-10(9)16/h2-6H,7H2,1H3. The Morgan fingerprint density at radius 3 is 2.74 bits per heavy atom. The maximum absolute atomic E-state index is 13.6. The van der Waals surface area contributed by atoms with Crippen LogP contribution in [0.3, 0.4) is 0 Å². The number of hydrogen-bond acceptors (Lipinski definition) is 2. The van der Waals surface area contributed by atoms with Crippen LogP contribution in [0, 0.1) is 12.7 Å². The number of halogens is 3. The average molecular weight is 318 g/mol. The van der Waals surface area contributed by atoms with Crippen LogP contribution < -0.4 is 4.87 Å². The van der Waals surface area contributed by atoms with Gasteiger partial charge >= 0.3 is 4.87 Å². The van der Waals surface area contributed by atoms with E-state index in [-0.39, 0.29) is 21.7 Å². The van der Waals surface area contributed by atoms with Gasteiger partial charge in [-0.05, 0) is 19.1 Å². The minimum absolute atomic E-state index is 0.0855. The fourth-order valence-corrected chi connectivity index (χ4v) is 2.99. The summed E-state index contributed by atoms with van der Waals surface area (Å²) in [6.45, 7) is 1.98. The van der Waals surface area contributed by atoms with Crippen LogP contribution in [0.5, 0.6) is 0 Å². The molecule has 0 spiro atoms. The SMILES string of the molecule is Cc1c(C=C(Cl)Cl)sc(=O)n1Cc1ccccc1F. The van der Waals surface area contributed by atoms with E-state index in [0.29, 0.717) is 10.4 Å². The third-order valence-corrected chi connectivity index (χ3v) is 3.95. The van der Waals surface area contributed by atoms with Gasteiger partial charge in [-0.15, -0.1) is 0 Å². The van der Waals surface area contributed by atoms with Crippen molar-refractivity contribution < 1.29 is 4.39 Å². The second-order valence-corrected chi connectivity index (χ2v) is 5.93. The molecule has 0 N–H and O–H groups in total. The number of thiazole rings is 1. The van der Waals surface area contributed by atoms with Gasteiger partial charge in [-0.3, -0.25) is 9.36 Å². The summed E-state index contributed by atoms with van der Waals surface area (Å²) in [5, 5.41) is 0. The van der Waals surface area contributed by atoms with E-state index in [4.69, 9.17) is 23.2 Å². The molecule has 1 aromatic heterocycles. The molecular formula is C13H10Cl2FNOS. The van der Waals surface area contributed by atoms with Gasteiger partial charge < -0.3 is 0 Å². The smallest absolute Gasteiger partial charge is 0.298 e. The zero-order chi connectivity index (χ0) is 14.0. The van der Waals surface area contributed by atoms with Gasteiger partial charge in [0, 0.05) is 11.3 Å². The highest BCUT2D eigenvalue weighted by atomic mass is 35.5. The van der Waals surface area contributed by atoms with Crippen molar-refractivity contribution in [3.05, 3.63) is 60.4 Å². The van der Waals surface area contributed by atoms with Crippen LogP contribution in [0.1, 0.15) is 16.1 Å². The zero-order valence-electron chi connectivity index (χ0n) is 9.99. The Kier molecular flexibility index (Phi) is 4.45. The second-order valence-electron chi connectivity index (χ2n) is 3.93. The lowest BCUT2D eigenvalue weighted by atomic mass is 10.2. The molecular weight excluding hydrogens is 308 g/mol. The van der Waals surface area contributed by atoms with Gasteiger partial charge in [0.25, 0.3) is 0 Å². The Bertz CT molecular complexity index is 686. The third-order valence-electron chi connectivity index (χ3n) is 2.71. The van der Waals surface area contributed by atoms with Gasteiger partial charge in [-0.25, -0.2) is 4.39 Å². The molecule has 0 amide bonds. The Labute approximate surface area is 123 Å². The lowest BCUT2D eigenvalue weighted by Gasteiger charge is -2.06. The van der Waals surface area contributed by atoms with Gasteiger partial charge in [0.05, 0.1) is 11.4 Å². The predicted octanol–water partition coefficient (Wildman–Crippen LogP) is 4.18. The van der Waals surface area contributed by atoms with Crippen LogP contribution in [-0.2, 0) is 6.54 Å². The predicted molar refractivity (Wildman–Crippen MR) is 78.5 cm³/mol. The van der Waals surface area contributed by atoms with Crippen LogP contribution >= 0.6 is 34.5 Å². The second kappa shape index (κ2) is 5.90. The molecule has 2 rings (SSSR count). The van der Waals surface area contributed by atoms with Gasteiger partial charge in [0.2, 0.25) is 0 Å². The molecule has 0 saturated carbocycles. The van der Waals surface area contributed by atoms with E-state index >= 15 is 0 Å². The fourth-order valence-electron chi connectivity index (χ4n) is 1.71. The molecule has 2 aromatic rings. The number of aromatic nitrogens is 1. The van der Waals surface area contributed by atoms with Crippen molar-refractivity contribution in [3.63, 3.8) is 0 Å². The van der Waals surface area contributed by atoms with E-state index in [1.165, 1.54) is 16.7 Å². The summed E-state index contributed by atoms with van der Waals surface area (Å²) in [6, 6.07) is 6.38.